The zero-order valence-electron chi connectivity index (χ0n) is 10.7. The van der Waals surface area contributed by atoms with Crippen molar-refractivity contribution >= 4 is 11.8 Å². The Morgan fingerprint density at radius 2 is 2.06 bits per heavy atom. The molecule has 0 aliphatic rings. The summed E-state index contributed by atoms with van der Waals surface area (Å²) in [6, 6.07) is 8.47. The van der Waals surface area contributed by atoms with Gasteiger partial charge in [0.05, 0.1) is 6.20 Å². The molecule has 2 rings (SSSR count). The second-order valence-electron chi connectivity index (χ2n) is 4.57. The van der Waals surface area contributed by atoms with E-state index in [2.05, 4.69) is 48.4 Å². The monoisotopic (exact) mass is 262 g/mol. The van der Waals surface area contributed by atoms with E-state index in [1.165, 1.54) is 17.3 Å². The third kappa shape index (κ3) is 4.20. The first-order chi connectivity index (χ1) is 8.74. The maximum Gasteiger partial charge on any atom is 0.260 e. The van der Waals surface area contributed by atoms with Crippen LogP contribution < -0.4 is 5.32 Å². The smallest absolute Gasteiger partial charge is 0.260 e. The molecule has 1 aromatic carbocycles. The van der Waals surface area contributed by atoms with Crippen molar-refractivity contribution in [1.82, 2.24) is 10.3 Å². The zero-order chi connectivity index (χ0) is 12.8. The van der Waals surface area contributed by atoms with E-state index < -0.39 is 0 Å². The summed E-state index contributed by atoms with van der Waals surface area (Å²) in [4.78, 5) is 5.23. The molecular formula is C14H18N2OS. The van der Waals surface area contributed by atoms with E-state index in [1.807, 2.05) is 0 Å². The highest BCUT2D eigenvalue weighted by atomic mass is 32.2. The lowest BCUT2D eigenvalue weighted by molar-refractivity contribution is 0.454. The van der Waals surface area contributed by atoms with Crippen molar-refractivity contribution in [2.24, 2.45) is 5.92 Å². The van der Waals surface area contributed by atoms with Crippen LogP contribution in [0.3, 0.4) is 0 Å². The van der Waals surface area contributed by atoms with Gasteiger partial charge in [-0.2, -0.15) is 0 Å². The third-order valence-electron chi connectivity index (χ3n) is 2.42. The standard InChI is InChI=1S/C14H18N2OS/c1-11(2)9-15-10-12-3-5-13(6-4-12)18-14-16-7-8-17-14/h3-8,11,15H,9-10H2,1-2H3. The van der Waals surface area contributed by atoms with E-state index in [0.29, 0.717) is 11.1 Å². The average Bonchev–Trinajstić information content (AvgIpc) is 2.84. The van der Waals surface area contributed by atoms with Gasteiger partial charge in [-0.15, -0.1) is 0 Å². The summed E-state index contributed by atoms with van der Waals surface area (Å²) in [6.45, 7) is 6.39. The number of hydrogen-bond acceptors (Lipinski definition) is 4. The minimum atomic E-state index is 0.681. The molecule has 0 fully saturated rings. The Kier molecular flexibility index (Phi) is 4.84. The van der Waals surface area contributed by atoms with Gasteiger partial charge in [0.1, 0.15) is 6.26 Å². The quantitative estimate of drug-likeness (QED) is 0.863. The Bertz CT molecular complexity index is 451. The molecule has 0 unspecified atom stereocenters. The second-order valence-corrected chi connectivity index (χ2v) is 5.59. The van der Waals surface area contributed by atoms with E-state index in [0.717, 1.165) is 18.0 Å². The van der Waals surface area contributed by atoms with Crippen LogP contribution in [0.1, 0.15) is 19.4 Å². The van der Waals surface area contributed by atoms with Crippen molar-refractivity contribution in [2.45, 2.75) is 30.5 Å². The topological polar surface area (TPSA) is 38.1 Å². The molecule has 4 heteroatoms. The van der Waals surface area contributed by atoms with E-state index in [1.54, 1.807) is 12.5 Å². The highest BCUT2D eigenvalue weighted by Gasteiger charge is 2.01. The van der Waals surface area contributed by atoms with E-state index in [-0.39, 0.29) is 0 Å². The van der Waals surface area contributed by atoms with Gasteiger partial charge in [0.15, 0.2) is 0 Å². The Labute approximate surface area is 112 Å². The molecule has 0 amide bonds. The molecule has 1 heterocycles. The van der Waals surface area contributed by atoms with Crippen molar-refractivity contribution in [1.29, 1.82) is 0 Å². The van der Waals surface area contributed by atoms with Crippen LogP contribution in [0.2, 0.25) is 0 Å². The molecule has 0 spiro atoms. The predicted molar refractivity (Wildman–Crippen MR) is 73.6 cm³/mol. The number of nitrogens with zero attached hydrogens (tertiary/aromatic N) is 1. The van der Waals surface area contributed by atoms with Crippen molar-refractivity contribution in [3.8, 4) is 0 Å². The number of aromatic nitrogens is 1. The summed E-state index contributed by atoms with van der Waals surface area (Å²) in [5.74, 6) is 0.685. The Balaban J connectivity index is 1.85. The van der Waals surface area contributed by atoms with Crippen molar-refractivity contribution < 1.29 is 4.42 Å². The molecule has 2 aromatic rings. The molecule has 0 bridgehead atoms. The highest BCUT2D eigenvalue weighted by Crippen LogP contribution is 2.25. The number of benzene rings is 1. The van der Waals surface area contributed by atoms with Crippen LogP contribution in [0, 0.1) is 5.92 Å². The summed E-state index contributed by atoms with van der Waals surface area (Å²) >= 11 is 1.53. The lowest BCUT2D eigenvalue weighted by Crippen LogP contribution is -2.18. The molecule has 3 nitrogen and oxygen atoms in total. The van der Waals surface area contributed by atoms with Crippen LogP contribution in [-0.2, 0) is 6.54 Å². The number of oxazole rings is 1. The molecule has 0 radical (unpaired) electrons. The Morgan fingerprint density at radius 1 is 1.28 bits per heavy atom. The molecule has 0 atom stereocenters. The molecular weight excluding hydrogens is 244 g/mol. The Hall–Kier alpha value is -1.26. The summed E-state index contributed by atoms with van der Waals surface area (Å²) in [5.41, 5.74) is 1.30. The fourth-order valence-corrected chi connectivity index (χ4v) is 2.23. The molecule has 18 heavy (non-hydrogen) atoms. The second kappa shape index (κ2) is 6.61. The van der Waals surface area contributed by atoms with Gasteiger partial charge in [-0.05, 0) is 41.9 Å². The van der Waals surface area contributed by atoms with Gasteiger partial charge in [0.25, 0.3) is 5.22 Å². The first-order valence-corrected chi connectivity index (χ1v) is 6.92. The van der Waals surface area contributed by atoms with Crippen LogP contribution >= 0.6 is 11.8 Å². The molecule has 0 saturated heterocycles. The van der Waals surface area contributed by atoms with Crippen LogP contribution in [0.25, 0.3) is 0 Å². The molecule has 0 saturated carbocycles. The van der Waals surface area contributed by atoms with E-state index in [9.17, 15) is 0 Å². The Morgan fingerprint density at radius 3 is 2.67 bits per heavy atom. The molecule has 0 aliphatic heterocycles. The van der Waals surface area contributed by atoms with Gasteiger partial charge in [-0.1, -0.05) is 26.0 Å². The minimum Gasteiger partial charge on any atom is -0.440 e. The van der Waals surface area contributed by atoms with Crippen molar-refractivity contribution in [3.63, 3.8) is 0 Å². The van der Waals surface area contributed by atoms with Crippen LogP contribution in [0.5, 0.6) is 0 Å². The fraction of sp³-hybridized carbons (Fsp3) is 0.357. The van der Waals surface area contributed by atoms with Crippen LogP contribution in [0.15, 0.2) is 51.3 Å². The molecule has 1 N–H and O–H groups in total. The normalized spacial score (nSPS) is 11.1. The number of rotatable bonds is 6. The largest absolute Gasteiger partial charge is 0.440 e. The SMILES string of the molecule is CC(C)CNCc1ccc(Sc2ncco2)cc1. The summed E-state index contributed by atoms with van der Waals surface area (Å²) in [5, 5.41) is 4.11. The maximum atomic E-state index is 5.20. The van der Waals surface area contributed by atoms with Gasteiger partial charge in [0, 0.05) is 11.4 Å². The number of nitrogens with one attached hydrogen (secondary N) is 1. The molecule has 96 valence electrons. The summed E-state index contributed by atoms with van der Waals surface area (Å²) in [6.07, 6.45) is 3.25. The lowest BCUT2D eigenvalue weighted by atomic mass is 10.2. The van der Waals surface area contributed by atoms with Gasteiger partial charge in [0.2, 0.25) is 0 Å². The minimum absolute atomic E-state index is 0.681. The first-order valence-electron chi connectivity index (χ1n) is 6.11. The number of hydrogen-bond donors (Lipinski definition) is 1. The van der Waals surface area contributed by atoms with Crippen LogP contribution in [0.4, 0.5) is 0 Å². The van der Waals surface area contributed by atoms with E-state index in [4.69, 9.17) is 4.42 Å². The van der Waals surface area contributed by atoms with Crippen LogP contribution in [-0.4, -0.2) is 11.5 Å². The van der Waals surface area contributed by atoms with Gasteiger partial charge >= 0.3 is 0 Å². The highest BCUT2D eigenvalue weighted by molar-refractivity contribution is 7.99. The van der Waals surface area contributed by atoms with Crippen molar-refractivity contribution in [2.75, 3.05) is 6.54 Å². The van der Waals surface area contributed by atoms with Gasteiger partial charge in [-0.3, -0.25) is 0 Å². The molecule has 0 aliphatic carbocycles. The average molecular weight is 262 g/mol. The fourth-order valence-electron chi connectivity index (χ4n) is 1.54. The molecule has 1 aromatic heterocycles. The maximum absolute atomic E-state index is 5.20. The van der Waals surface area contributed by atoms with E-state index >= 15 is 0 Å². The lowest BCUT2D eigenvalue weighted by Gasteiger charge is -2.07. The predicted octanol–water partition coefficient (Wildman–Crippen LogP) is 3.57. The van der Waals surface area contributed by atoms with Crippen molar-refractivity contribution in [3.05, 3.63) is 42.3 Å². The van der Waals surface area contributed by atoms with Gasteiger partial charge in [-0.25, -0.2) is 4.98 Å². The third-order valence-corrected chi connectivity index (χ3v) is 3.30. The first kappa shape index (κ1) is 13.2. The summed E-state index contributed by atoms with van der Waals surface area (Å²) < 4.78 is 5.20. The zero-order valence-corrected chi connectivity index (χ0v) is 11.5. The summed E-state index contributed by atoms with van der Waals surface area (Å²) in [7, 11) is 0. The van der Waals surface area contributed by atoms with Gasteiger partial charge < -0.3 is 9.73 Å².